The summed E-state index contributed by atoms with van der Waals surface area (Å²) in [5, 5.41) is 3.53. The Bertz CT molecular complexity index is 1170. The lowest BCUT2D eigenvalue weighted by atomic mass is 10.1. The standard InChI is InChI=1S/C25H29N3O3/c1-3-14-31-19-10-12-21(17(2)15-19)27-24(29)18-9-11-20-22(16-18)26-23-8-6-4-5-7-13-28(23)25(20)30/h9-12,15-16H,3-8,13-14H2,1-2H3,(H,27,29). The van der Waals surface area contributed by atoms with Crippen LogP contribution in [0.1, 0.15) is 60.8 Å². The van der Waals surface area contributed by atoms with Crippen LogP contribution in [0.15, 0.2) is 41.2 Å². The molecule has 0 spiro atoms. The summed E-state index contributed by atoms with van der Waals surface area (Å²) in [7, 11) is 0. The molecule has 2 heterocycles. The molecule has 162 valence electrons. The van der Waals surface area contributed by atoms with Crippen LogP contribution in [-0.4, -0.2) is 22.1 Å². The Morgan fingerprint density at radius 1 is 1.13 bits per heavy atom. The average molecular weight is 420 g/mol. The highest BCUT2D eigenvalue weighted by Gasteiger charge is 2.15. The van der Waals surface area contributed by atoms with E-state index in [-0.39, 0.29) is 11.5 Å². The van der Waals surface area contributed by atoms with Crippen molar-refractivity contribution in [2.75, 3.05) is 11.9 Å². The Morgan fingerprint density at radius 3 is 2.77 bits per heavy atom. The van der Waals surface area contributed by atoms with Gasteiger partial charge in [0.05, 0.1) is 17.5 Å². The number of nitrogens with zero attached hydrogens (tertiary/aromatic N) is 2. The number of aromatic nitrogens is 2. The molecule has 0 fully saturated rings. The van der Waals surface area contributed by atoms with Crippen LogP contribution in [0.5, 0.6) is 5.75 Å². The molecule has 2 aromatic carbocycles. The van der Waals surface area contributed by atoms with Crippen LogP contribution in [-0.2, 0) is 13.0 Å². The largest absolute Gasteiger partial charge is 0.494 e. The van der Waals surface area contributed by atoms with Crippen LogP contribution < -0.4 is 15.6 Å². The van der Waals surface area contributed by atoms with Crippen LogP contribution >= 0.6 is 0 Å². The van der Waals surface area contributed by atoms with E-state index in [9.17, 15) is 9.59 Å². The first-order valence-corrected chi connectivity index (χ1v) is 11.1. The van der Waals surface area contributed by atoms with Crippen molar-refractivity contribution in [3.63, 3.8) is 0 Å². The van der Waals surface area contributed by atoms with Crippen LogP contribution in [0, 0.1) is 6.92 Å². The summed E-state index contributed by atoms with van der Waals surface area (Å²) < 4.78 is 7.46. The monoisotopic (exact) mass is 419 g/mol. The minimum atomic E-state index is -0.221. The third kappa shape index (κ3) is 4.63. The molecule has 1 amide bonds. The molecule has 0 radical (unpaired) electrons. The fraction of sp³-hybridized carbons (Fsp3) is 0.400. The highest BCUT2D eigenvalue weighted by Crippen LogP contribution is 2.23. The number of carbonyl (C=O) groups is 1. The average Bonchev–Trinajstić information content (AvgIpc) is 2.75. The molecule has 6 nitrogen and oxygen atoms in total. The molecule has 1 aromatic heterocycles. The Morgan fingerprint density at radius 2 is 1.97 bits per heavy atom. The molecule has 0 unspecified atom stereocenters. The number of hydrogen-bond acceptors (Lipinski definition) is 4. The third-order valence-corrected chi connectivity index (χ3v) is 5.75. The summed E-state index contributed by atoms with van der Waals surface area (Å²) in [5.41, 5.74) is 2.73. The normalized spacial score (nSPS) is 13.9. The van der Waals surface area contributed by atoms with Gasteiger partial charge in [0, 0.05) is 24.2 Å². The fourth-order valence-electron chi connectivity index (χ4n) is 4.02. The first-order valence-electron chi connectivity index (χ1n) is 11.1. The van der Waals surface area contributed by atoms with E-state index < -0.39 is 0 Å². The van der Waals surface area contributed by atoms with Gasteiger partial charge in [-0.05, 0) is 68.1 Å². The van der Waals surface area contributed by atoms with E-state index in [1.54, 1.807) is 18.2 Å². The highest BCUT2D eigenvalue weighted by atomic mass is 16.5. The Hall–Kier alpha value is -3.15. The highest BCUT2D eigenvalue weighted by molar-refractivity contribution is 6.06. The number of nitrogens with one attached hydrogen (secondary N) is 1. The predicted octanol–water partition coefficient (Wildman–Crippen LogP) is 4.86. The van der Waals surface area contributed by atoms with Gasteiger partial charge in [-0.15, -0.1) is 0 Å². The summed E-state index contributed by atoms with van der Waals surface area (Å²) >= 11 is 0. The fourth-order valence-corrected chi connectivity index (χ4v) is 4.02. The minimum Gasteiger partial charge on any atom is -0.494 e. The smallest absolute Gasteiger partial charge is 0.261 e. The maximum atomic E-state index is 13.0. The zero-order valence-corrected chi connectivity index (χ0v) is 18.2. The van der Waals surface area contributed by atoms with Gasteiger partial charge in [0.15, 0.2) is 0 Å². The van der Waals surface area contributed by atoms with Crippen LogP contribution in [0.2, 0.25) is 0 Å². The number of fused-ring (bicyclic) bond motifs is 2. The van der Waals surface area contributed by atoms with E-state index in [1.807, 2.05) is 29.7 Å². The van der Waals surface area contributed by atoms with Crippen LogP contribution in [0.4, 0.5) is 5.69 Å². The molecule has 1 N–H and O–H groups in total. The number of rotatable bonds is 5. The van der Waals surface area contributed by atoms with E-state index in [0.29, 0.717) is 23.1 Å². The van der Waals surface area contributed by atoms with Crippen LogP contribution in [0.25, 0.3) is 10.9 Å². The van der Waals surface area contributed by atoms with Crippen molar-refractivity contribution < 1.29 is 9.53 Å². The summed E-state index contributed by atoms with van der Waals surface area (Å²) in [6.45, 7) is 5.39. The molecule has 1 aliphatic rings. The second-order valence-electron chi connectivity index (χ2n) is 8.16. The number of ether oxygens (including phenoxy) is 1. The van der Waals surface area contributed by atoms with Gasteiger partial charge in [0.25, 0.3) is 11.5 Å². The zero-order valence-electron chi connectivity index (χ0n) is 18.2. The van der Waals surface area contributed by atoms with Gasteiger partial charge >= 0.3 is 0 Å². The van der Waals surface area contributed by atoms with E-state index in [2.05, 4.69) is 12.2 Å². The van der Waals surface area contributed by atoms with Gasteiger partial charge in [-0.2, -0.15) is 0 Å². The van der Waals surface area contributed by atoms with Gasteiger partial charge in [-0.3, -0.25) is 14.2 Å². The molecule has 0 aliphatic carbocycles. The van der Waals surface area contributed by atoms with Gasteiger partial charge in [-0.25, -0.2) is 4.98 Å². The number of benzene rings is 2. The van der Waals surface area contributed by atoms with Gasteiger partial charge in [0.2, 0.25) is 0 Å². The Kier molecular flexibility index (Phi) is 6.35. The molecule has 0 bridgehead atoms. The summed E-state index contributed by atoms with van der Waals surface area (Å²) in [6.07, 6.45) is 6.09. The molecule has 4 rings (SSSR count). The number of amides is 1. The van der Waals surface area contributed by atoms with Crippen molar-refractivity contribution in [2.45, 2.75) is 58.9 Å². The third-order valence-electron chi connectivity index (χ3n) is 5.75. The van der Waals surface area contributed by atoms with E-state index in [1.165, 1.54) is 0 Å². The summed E-state index contributed by atoms with van der Waals surface area (Å²) in [5.74, 6) is 1.40. The summed E-state index contributed by atoms with van der Waals surface area (Å²) in [4.78, 5) is 30.6. The lowest BCUT2D eigenvalue weighted by molar-refractivity contribution is 0.102. The maximum Gasteiger partial charge on any atom is 0.261 e. The molecule has 3 aromatic rings. The van der Waals surface area contributed by atoms with Crippen molar-refractivity contribution >= 4 is 22.5 Å². The summed E-state index contributed by atoms with van der Waals surface area (Å²) in [6, 6.07) is 10.8. The van der Waals surface area contributed by atoms with E-state index in [4.69, 9.17) is 9.72 Å². The molecule has 0 atom stereocenters. The van der Waals surface area contributed by atoms with Crippen molar-refractivity contribution in [1.82, 2.24) is 9.55 Å². The lowest BCUT2D eigenvalue weighted by Crippen LogP contribution is -2.26. The molecule has 1 aliphatic heterocycles. The minimum absolute atomic E-state index is 0.00706. The van der Waals surface area contributed by atoms with E-state index in [0.717, 1.165) is 67.9 Å². The molecule has 31 heavy (non-hydrogen) atoms. The Balaban J connectivity index is 1.60. The van der Waals surface area contributed by atoms with Crippen molar-refractivity contribution in [3.05, 3.63) is 63.7 Å². The lowest BCUT2D eigenvalue weighted by Gasteiger charge is -2.16. The van der Waals surface area contributed by atoms with E-state index >= 15 is 0 Å². The first-order chi connectivity index (χ1) is 15.1. The SMILES string of the molecule is CCCOc1ccc(NC(=O)c2ccc3c(=O)n4c(nc3c2)CCCCCC4)c(C)c1. The van der Waals surface area contributed by atoms with Crippen molar-refractivity contribution in [1.29, 1.82) is 0 Å². The maximum absolute atomic E-state index is 13.0. The van der Waals surface area contributed by atoms with Crippen molar-refractivity contribution in [2.24, 2.45) is 0 Å². The second kappa shape index (κ2) is 9.33. The quantitative estimate of drug-likeness (QED) is 0.641. The predicted molar refractivity (Wildman–Crippen MR) is 123 cm³/mol. The first kappa shape index (κ1) is 21.1. The number of anilines is 1. The topological polar surface area (TPSA) is 73.2 Å². The molecule has 6 heteroatoms. The van der Waals surface area contributed by atoms with Gasteiger partial charge in [-0.1, -0.05) is 19.8 Å². The molecule has 0 saturated carbocycles. The number of carbonyl (C=O) groups excluding carboxylic acids is 1. The molecular formula is C25H29N3O3. The molecular weight excluding hydrogens is 390 g/mol. The number of hydrogen-bond donors (Lipinski definition) is 1. The van der Waals surface area contributed by atoms with Crippen molar-refractivity contribution in [3.8, 4) is 5.75 Å². The Labute approximate surface area is 182 Å². The zero-order chi connectivity index (χ0) is 21.8. The van der Waals surface area contributed by atoms with Gasteiger partial charge in [0.1, 0.15) is 11.6 Å². The molecule has 0 saturated heterocycles. The van der Waals surface area contributed by atoms with Crippen LogP contribution in [0.3, 0.4) is 0 Å². The second-order valence-corrected chi connectivity index (χ2v) is 8.16. The van der Waals surface area contributed by atoms with Gasteiger partial charge < -0.3 is 10.1 Å². The number of aryl methyl sites for hydroxylation is 2.